The lowest BCUT2D eigenvalue weighted by molar-refractivity contribution is 0.102. The van der Waals surface area contributed by atoms with E-state index in [-0.39, 0.29) is 11.6 Å². The van der Waals surface area contributed by atoms with E-state index in [9.17, 15) is 13.2 Å². The Bertz CT molecular complexity index is 849. The Balaban J connectivity index is 0.000000292. The Morgan fingerprint density at radius 3 is 2.08 bits per heavy atom. The van der Waals surface area contributed by atoms with Crippen LogP contribution in [0.25, 0.3) is 0 Å². The van der Waals surface area contributed by atoms with Crippen molar-refractivity contribution >= 4 is 21.6 Å². The number of carbonyl (C=O) groups is 1. The van der Waals surface area contributed by atoms with E-state index in [2.05, 4.69) is 10.3 Å². The van der Waals surface area contributed by atoms with Gasteiger partial charge in [-0.3, -0.25) is 13.8 Å². The normalized spacial score (nSPS) is 10.4. The number of carbonyl (C=O) groups excluding carboxylic acids is 1. The van der Waals surface area contributed by atoms with Crippen molar-refractivity contribution in [2.45, 2.75) is 0 Å². The number of hydrogen-bond acceptors (Lipinski definition) is 4. The average Bonchev–Trinajstić information content (AvgIpc) is 3.07. The molecule has 6 nitrogen and oxygen atoms in total. The second kappa shape index (κ2) is 8.07. The maximum atomic E-state index is 11.7. The topological polar surface area (TPSA) is 81.1 Å². The van der Waals surface area contributed by atoms with Crippen molar-refractivity contribution in [2.75, 3.05) is 11.6 Å². The Morgan fingerprint density at radius 2 is 1.62 bits per heavy atom. The molecule has 0 fully saturated rings. The summed E-state index contributed by atoms with van der Waals surface area (Å²) in [4.78, 5) is 15.6. The summed E-state index contributed by atoms with van der Waals surface area (Å²) in [6.45, 7) is 0. The van der Waals surface area contributed by atoms with Crippen molar-refractivity contribution < 1.29 is 13.2 Å². The fourth-order valence-corrected chi connectivity index (χ4v) is 2.32. The molecule has 0 radical (unpaired) electrons. The highest BCUT2D eigenvalue weighted by atomic mass is 32.2. The van der Waals surface area contributed by atoms with Gasteiger partial charge in [0, 0.05) is 18.6 Å². The summed E-state index contributed by atoms with van der Waals surface area (Å²) in [6.07, 6.45) is 5.29. The number of anilines is 1. The molecule has 0 unspecified atom stereocenters. The average molecular weight is 343 g/mol. The van der Waals surface area contributed by atoms with Crippen LogP contribution < -0.4 is 5.32 Å². The molecule has 24 heavy (non-hydrogen) atoms. The molecule has 0 saturated carbocycles. The third-order valence-corrected chi connectivity index (χ3v) is 3.87. The molecule has 0 aliphatic carbocycles. The fraction of sp³-hybridized carbons (Fsp3) is 0.0588. The summed E-state index contributed by atoms with van der Waals surface area (Å²) in [5.74, 6) is -0.387. The summed E-state index contributed by atoms with van der Waals surface area (Å²) in [5, 5.41) is 2.56. The second-order valence-electron chi connectivity index (χ2n) is 4.82. The summed E-state index contributed by atoms with van der Waals surface area (Å²) < 4.78 is 23.5. The maximum Gasteiger partial charge on any atom is 0.274 e. The van der Waals surface area contributed by atoms with Crippen LogP contribution in [-0.4, -0.2) is 29.5 Å². The molecule has 0 atom stereocenters. The fourth-order valence-electron chi connectivity index (χ4n) is 1.73. The van der Waals surface area contributed by atoms with E-state index in [4.69, 9.17) is 0 Å². The summed E-state index contributed by atoms with van der Waals surface area (Å²) in [5.41, 5.74) is 0.667. The summed E-state index contributed by atoms with van der Waals surface area (Å²) in [6, 6.07) is 18.5. The van der Waals surface area contributed by atoms with Crippen molar-refractivity contribution in [2.24, 2.45) is 0 Å². The molecule has 1 N–H and O–H groups in total. The van der Waals surface area contributed by atoms with Gasteiger partial charge in [0.1, 0.15) is 5.69 Å². The number of hydrogen-bond donors (Lipinski definition) is 1. The molecular weight excluding hydrogens is 326 g/mol. The highest BCUT2D eigenvalue weighted by molar-refractivity contribution is 7.89. The van der Waals surface area contributed by atoms with Crippen molar-refractivity contribution in [1.29, 1.82) is 0 Å². The quantitative estimate of drug-likeness (QED) is 0.793. The monoisotopic (exact) mass is 343 g/mol. The number of aromatic nitrogens is 2. The number of rotatable bonds is 3. The van der Waals surface area contributed by atoms with E-state index >= 15 is 0 Å². The van der Waals surface area contributed by atoms with Crippen LogP contribution in [0.1, 0.15) is 10.5 Å². The van der Waals surface area contributed by atoms with Gasteiger partial charge >= 0.3 is 0 Å². The minimum Gasteiger partial charge on any atom is -0.319 e. The lowest BCUT2D eigenvalue weighted by Crippen LogP contribution is -2.13. The van der Waals surface area contributed by atoms with Crippen LogP contribution in [0, 0.1) is 0 Å². The van der Waals surface area contributed by atoms with Gasteiger partial charge in [0.25, 0.3) is 5.91 Å². The maximum absolute atomic E-state index is 11.7. The van der Waals surface area contributed by atoms with E-state index in [1.165, 1.54) is 24.7 Å². The lowest BCUT2D eigenvalue weighted by atomic mass is 10.3. The van der Waals surface area contributed by atoms with Crippen LogP contribution in [0.2, 0.25) is 0 Å². The third kappa shape index (κ3) is 5.36. The Morgan fingerprint density at radius 1 is 1.00 bits per heavy atom. The minimum absolute atomic E-state index is 0.268. The Kier molecular flexibility index (Phi) is 5.86. The van der Waals surface area contributed by atoms with Crippen LogP contribution in [0.15, 0.2) is 79.3 Å². The largest absolute Gasteiger partial charge is 0.319 e. The number of pyridine rings is 1. The molecule has 2 heterocycles. The van der Waals surface area contributed by atoms with Crippen LogP contribution in [-0.2, 0) is 10.0 Å². The minimum atomic E-state index is -3.33. The van der Waals surface area contributed by atoms with Gasteiger partial charge in [-0.1, -0.05) is 42.5 Å². The molecule has 3 aromatic rings. The van der Waals surface area contributed by atoms with E-state index < -0.39 is 10.0 Å². The molecule has 1 aromatic carbocycles. The molecule has 2 aromatic heterocycles. The number of benzene rings is 1. The molecule has 7 heteroatoms. The van der Waals surface area contributed by atoms with E-state index in [0.29, 0.717) is 5.69 Å². The smallest absolute Gasteiger partial charge is 0.274 e. The van der Waals surface area contributed by atoms with Gasteiger partial charge in [-0.2, -0.15) is 0 Å². The zero-order valence-corrected chi connectivity index (χ0v) is 13.8. The highest BCUT2D eigenvalue weighted by Gasteiger charge is 2.10. The van der Waals surface area contributed by atoms with Crippen LogP contribution in [0.3, 0.4) is 0 Å². The first-order valence-corrected chi connectivity index (χ1v) is 8.92. The first-order chi connectivity index (χ1) is 11.5. The molecule has 0 bridgehead atoms. The van der Waals surface area contributed by atoms with Crippen molar-refractivity contribution in [3.8, 4) is 0 Å². The molecular formula is C17H17N3O3S. The predicted molar refractivity (Wildman–Crippen MR) is 93.3 cm³/mol. The SMILES string of the molecule is CS(=O)(=O)n1ccc(NC(=O)c2ccccn2)c1.c1ccccc1. The zero-order chi connectivity index (χ0) is 17.4. The van der Waals surface area contributed by atoms with E-state index in [1.807, 2.05) is 36.4 Å². The van der Waals surface area contributed by atoms with Gasteiger partial charge in [-0.15, -0.1) is 0 Å². The second-order valence-corrected chi connectivity index (χ2v) is 6.70. The first-order valence-electron chi connectivity index (χ1n) is 7.08. The molecule has 124 valence electrons. The van der Waals surface area contributed by atoms with Crippen LogP contribution in [0.4, 0.5) is 5.69 Å². The van der Waals surface area contributed by atoms with Gasteiger partial charge < -0.3 is 5.32 Å². The summed E-state index contributed by atoms with van der Waals surface area (Å²) >= 11 is 0. The molecule has 0 aliphatic rings. The first kappa shape index (κ1) is 17.4. The number of amides is 1. The Hall–Kier alpha value is -2.93. The van der Waals surface area contributed by atoms with Gasteiger partial charge in [-0.05, 0) is 18.2 Å². The van der Waals surface area contributed by atoms with E-state index in [0.717, 1.165) is 10.2 Å². The Labute approximate surface area is 140 Å². The van der Waals surface area contributed by atoms with Gasteiger partial charge in [0.2, 0.25) is 10.0 Å². The van der Waals surface area contributed by atoms with Gasteiger partial charge in [0.15, 0.2) is 0 Å². The van der Waals surface area contributed by atoms with Crippen molar-refractivity contribution in [3.63, 3.8) is 0 Å². The lowest BCUT2D eigenvalue weighted by Gasteiger charge is -2.01. The zero-order valence-electron chi connectivity index (χ0n) is 13.0. The number of nitrogens with one attached hydrogen (secondary N) is 1. The standard InChI is InChI=1S/C11H11N3O3S.C6H6/c1-18(16,17)14-7-5-9(8-14)13-11(15)10-4-2-3-6-12-10;1-2-4-6-5-3-1/h2-8H,1H3,(H,13,15);1-6H. The van der Waals surface area contributed by atoms with Crippen LogP contribution in [0.5, 0.6) is 0 Å². The predicted octanol–water partition coefficient (Wildman–Crippen LogP) is 2.63. The highest BCUT2D eigenvalue weighted by Crippen LogP contribution is 2.10. The van der Waals surface area contributed by atoms with Crippen LogP contribution >= 0.6 is 0 Å². The molecule has 0 spiro atoms. The van der Waals surface area contributed by atoms with Gasteiger partial charge in [0.05, 0.1) is 11.9 Å². The van der Waals surface area contributed by atoms with Crippen molar-refractivity contribution in [1.82, 2.24) is 8.96 Å². The number of nitrogens with zero attached hydrogens (tertiary/aromatic N) is 2. The molecule has 1 amide bonds. The molecule has 3 rings (SSSR count). The third-order valence-electron chi connectivity index (χ3n) is 2.87. The van der Waals surface area contributed by atoms with Gasteiger partial charge in [-0.25, -0.2) is 8.42 Å². The van der Waals surface area contributed by atoms with Crippen molar-refractivity contribution in [3.05, 3.63) is 84.9 Å². The molecule has 0 aliphatic heterocycles. The van der Waals surface area contributed by atoms with E-state index in [1.54, 1.807) is 18.2 Å². The summed E-state index contributed by atoms with van der Waals surface area (Å²) in [7, 11) is -3.33. The molecule has 0 saturated heterocycles.